The SMILES string of the molecule is COc1ccc(CN(CCNc2ccc([N+](=O)[O-])cn2)c2nccc(-c3cc[c]cc3)n2)cc1OC. The van der Waals surface area contributed by atoms with E-state index in [0.29, 0.717) is 42.9 Å². The Labute approximate surface area is 208 Å². The van der Waals surface area contributed by atoms with E-state index < -0.39 is 4.92 Å². The number of nitro groups is 1. The number of benzene rings is 2. The normalized spacial score (nSPS) is 10.5. The molecule has 0 atom stereocenters. The molecule has 0 amide bonds. The van der Waals surface area contributed by atoms with Gasteiger partial charge < -0.3 is 19.7 Å². The Morgan fingerprint density at radius 1 is 1.03 bits per heavy atom. The summed E-state index contributed by atoms with van der Waals surface area (Å²) in [6.07, 6.45) is 2.97. The molecular formula is C26H25N6O4. The summed E-state index contributed by atoms with van der Waals surface area (Å²) in [5, 5.41) is 14.1. The van der Waals surface area contributed by atoms with Crippen molar-refractivity contribution < 1.29 is 14.4 Å². The molecule has 4 rings (SSSR count). The molecule has 10 nitrogen and oxygen atoms in total. The highest BCUT2D eigenvalue weighted by Crippen LogP contribution is 2.29. The average Bonchev–Trinajstić information content (AvgIpc) is 2.93. The van der Waals surface area contributed by atoms with Crippen molar-refractivity contribution in [3.63, 3.8) is 0 Å². The molecule has 1 radical (unpaired) electrons. The molecule has 2 heterocycles. The first-order chi connectivity index (χ1) is 17.6. The molecule has 0 bridgehead atoms. The highest BCUT2D eigenvalue weighted by Gasteiger charge is 2.14. The first-order valence-corrected chi connectivity index (χ1v) is 11.2. The van der Waals surface area contributed by atoms with Crippen LogP contribution in [0.5, 0.6) is 11.5 Å². The molecule has 2 aromatic heterocycles. The molecule has 4 aromatic rings. The van der Waals surface area contributed by atoms with Crippen LogP contribution >= 0.6 is 0 Å². The number of pyridine rings is 1. The van der Waals surface area contributed by atoms with Gasteiger partial charge in [0.15, 0.2) is 11.5 Å². The lowest BCUT2D eigenvalue weighted by molar-refractivity contribution is -0.385. The van der Waals surface area contributed by atoms with Gasteiger partial charge in [-0.2, -0.15) is 0 Å². The van der Waals surface area contributed by atoms with Crippen molar-refractivity contribution in [2.24, 2.45) is 0 Å². The van der Waals surface area contributed by atoms with Crippen molar-refractivity contribution in [3.8, 4) is 22.8 Å². The van der Waals surface area contributed by atoms with Gasteiger partial charge in [-0.25, -0.2) is 15.0 Å². The lowest BCUT2D eigenvalue weighted by atomic mass is 10.1. The zero-order valence-electron chi connectivity index (χ0n) is 19.9. The minimum Gasteiger partial charge on any atom is -0.493 e. The quantitative estimate of drug-likeness (QED) is 0.244. The summed E-state index contributed by atoms with van der Waals surface area (Å²) in [7, 11) is 3.20. The monoisotopic (exact) mass is 485 g/mol. The third kappa shape index (κ3) is 6.03. The second-order valence-corrected chi connectivity index (χ2v) is 7.73. The predicted molar refractivity (Wildman–Crippen MR) is 136 cm³/mol. The smallest absolute Gasteiger partial charge is 0.287 e. The number of ether oxygens (including phenoxy) is 2. The third-order valence-corrected chi connectivity index (χ3v) is 5.41. The molecule has 1 N–H and O–H groups in total. The van der Waals surface area contributed by atoms with E-state index in [1.165, 1.54) is 12.3 Å². The van der Waals surface area contributed by atoms with Crippen molar-refractivity contribution in [1.29, 1.82) is 0 Å². The summed E-state index contributed by atoms with van der Waals surface area (Å²) < 4.78 is 10.8. The molecule has 0 aliphatic rings. The van der Waals surface area contributed by atoms with Gasteiger partial charge >= 0.3 is 0 Å². The summed E-state index contributed by atoms with van der Waals surface area (Å²) in [6.45, 7) is 1.56. The number of anilines is 2. The van der Waals surface area contributed by atoms with E-state index >= 15 is 0 Å². The average molecular weight is 486 g/mol. The molecule has 0 saturated heterocycles. The van der Waals surface area contributed by atoms with Crippen LogP contribution in [-0.4, -0.2) is 47.2 Å². The second kappa shape index (κ2) is 11.6. The van der Waals surface area contributed by atoms with Crippen molar-refractivity contribution in [3.05, 3.63) is 94.8 Å². The highest BCUT2D eigenvalue weighted by atomic mass is 16.6. The van der Waals surface area contributed by atoms with Crippen LogP contribution < -0.4 is 19.7 Å². The number of nitrogens with zero attached hydrogens (tertiary/aromatic N) is 5. The highest BCUT2D eigenvalue weighted by molar-refractivity contribution is 5.60. The number of aromatic nitrogens is 3. The molecular weight excluding hydrogens is 460 g/mol. The van der Waals surface area contributed by atoms with Crippen LogP contribution in [0.2, 0.25) is 0 Å². The molecule has 2 aromatic carbocycles. The van der Waals surface area contributed by atoms with Gasteiger partial charge in [0.1, 0.15) is 12.0 Å². The Kier molecular flexibility index (Phi) is 7.87. The Balaban J connectivity index is 1.56. The number of hydrogen-bond acceptors (Lipinski definition) is 9. The molecule has 183 valence electrons. The van der Waals surface area contributed by atoms with Crippen LogP contribution in [0.15, 0.2) is 73.1 Å². The zero-order chi connectivity index (χ0) is 25.3. The maximum atomic E-state index is 10.9. The van der Waals surface area contributed by atoms with Crippen LogP contribution in [0.25, 0.3) is 11.3 Å². The fourth-order valence-corrected chi connectivity index (χ4v) is 3.59. The van der Waals surface area contributed by atoms with Gasteiger partial charge in [0.05, 0.1) is 24.8 Å². The molecule has 0 saturated carbocycles. The van der Waals surface area contributed by atoms with Gasteiger partial charge in [-0.1, -0.05) is 30.3 Å². The predicted octanol–water partition coefficient (Wildman–Crippen LogP) is 4.38. The van der Waals surface area contributed by atoms with Gasteiger partial charge in [0, 0.05) is 37.5 Å². The molecule has 10 heteroatoms. The Morgan fingerprint density at radius 2 is 1.83 bits per heavy atom. The van der Waals surface area contributed by atoms with Gasteiger partial charge in [-0.05, 0) is 35.9 Å². The van der Waals surface area contributed by atoms with Crippen LogP contribution in [-0.2, 0) is 6.54 Å². The van der Waals surface area contributed by atoms with Gasteiger partial charge in [-0.15, -0.1) is 0 Å². The largest absolute Gasteiger partial charge is 0.493 e. The van der Waals surface area contributed by atoms with Gasteiger partial charge in [-0.3, -0.25) is 10.1 Å². The van der Waals surface area contributed by atoms with E-state index in [9.17, 15) is 10.1 Å². The van der Waals surface area contributed by atoms with Crippen LogP contribution in [0.4, 0.5) is 17.5 Å². The van der Waals surface area contributed by atoms with Gasteiger partial charge in [0.2, 0.25) is 5.95 Å². The van der Waals surface area contributed by atoms with Crippen LogP contribution in [0.1, 0.15) is 5.56 Å². The molecule has 0 aliphatic heterocycles. The van der Waals surface area contributed by atoms with E-state index in [-0.39, 0.29) is 5.69 Å². The van der Waals surface area contributed by atoms with Crippen molar-refractivity contribution >= 4 is 17.5 Å². The number of methoxy groups -OCH3 is 2. The topological polar surface area (TPSA) is 116 Å². The first kappa shape index (κ1) is 24.4. The summed E-state index contributed by atoms with van der Waals surface area (Å²) in [5.74, 6) is 2.40. The van der Waals surface area contributed by atoms with E-state index in [4.69, 9.17) is 14.5 Å². The molecule has 0 aliphatic carbocycles. The standard InChI is InChI=1S/C26H25N6O4/c1-35-23-10-8-19(16-24(23)36-2)18-31(15-14-27-25-11-9-21(17-29-25)32(33)34)26-28-13-12-22(30-26)20-6-4-3-5-7-20/h4-13,16-17H,14-15,18H2,1-2H3,(H,27,29). The summed E-state index contributed by atoms with van der Waals surface area (Å²) in [4.78, 5) is 25.9. The van der Waals surface area contributed by atoms with E-state index in [1.54, 1.807) is 26.5 Å². The molecule has 0 spiro atoms. The zero-order valence-corrected chi connectivity index (χ0v) is 19.9. The van der Waals surface area contributed by atoms with E-state index in [2.05, 4.69) is 21.4 Å². The molecule has 0 fully saturated rings. The van der Waals surface area contributed by atoms with E-state index in [1.807, 2.05) is 53.4 Å². The third-order valence-electron chi connectivity index (χ3n) is 5.41. The minimum absolute atomic E-state index is 0.0562. The Hall–Kier alpha value is -4.73. The lowest BCUT2D eigenvalue weighted by Gasteiger charge is -2.24. The van der Waals surface area contributed by atoms with E-state index in [0.717, 1.165) is 16.8 Å². The second-order valence-electron chi connectivity index (χ2n) is 7.73. The van der Waals surface area contributed by atoms with Gasteiger partial charge in [0.25, 0.3) is 5.69 Å². The van der Waals surface area contributed by atoms with Crippen molar-refractivity contribution in [2.45, 2.75) is 6.54 Å². The summed E-state index contributed by atoms with van der Waals surface area (Å²) >= 11 is 0. The Morgan fingerprint density at radius 3 is 2.53 bits per heavy atom. The van der Waals surface area contributed by atoms with Crippen molar-refractivity contribution in [1.82, 2.24) is 15.0 Å². The number of rotatable bonds is 11. The molecule has 0 unspecified atom stereocenters. The lowest BCUT2D eigenvalue weighted by Crippen LogP contribution is -2.30. The minimum atomic E-state index is -0.475. The fourth-order valence-electron chi connectivity index (χ4n) is 3.59. The fraction of sp³-hybridized carbons (Fsp3) is 0.192. The first-order valence-electron chi connectivity index (χ1n) is 11.2. The van der Waals surface area contributed by atoms with Crippen LogP contribution in [0, 0.1) is 16.2 Å². The maximum Gasteiger partial charge on any atom is 0.287 e. The number of nitrogens with one attached hydrogen (secondary N) is 1. The molecule has 36 heavy (non-hydrogen) atoms. The summed E-state index contributed by atoms with van der Waals surface area (Å²) in [5.41, 5.74) is 2.71. The van der Waals surface area contributed by atoms with Crippen molar-refractivity contribution in [2.75, 3.05) is 37.5 Å². The maximum absolute atomic E-state index is 10.9. The Bertz CT molecular complexity index is 1300. The number of hydrogen-bond donors (Lipinski definition) is 1. The van der Waals surface area contributed by atoms with Crippen LogP contribution in [0.3, 0.4) is 0 Å². The summed E-state index contributed by atoms with van der Waals surface area (Å²) in [6, 6.07) is 21.2.